The van der Waals surface area contributed by atoms with E-state index in [0.29, 0.717) is 25.0 Å². The summed E-state index contributed by atoms with van der Waals surface area (Å²) in [6.45, 7) is 8.64. The Morgan fingerprint density at radius 3 is 1.41 bits per heavy atom. The third kappa shape index (κ3) is 5.73. The van der Waals surface area contributed by atoms with Crippen molar-refractivity contribution in [2.45, 2.75) is 130 Å². The zero-order valence-corrected chi connectivity index (χ0v) is 25.1. The van der Waals surface area contributed by atoms with Crippen LogP contribution < -0.4 is 0 Å². The first-order valence-corrected chi connectivity index (χ1v) is 16.6. The molecule has 0 amide bonds. The maximum absolute atomic E-state index is 11.3. The highest BCUT2D eigenvalue weighted by Gasteiger charge is 2.66. The van der Waals surface area contributed by atoms with Crippen LogP contribution >= 0.6 is 0 Å². The van der Waals surface area contributed by atoms with E-state index in [1.165, 1.54) is 51.4 Å². The summed E-state index contributed by atoms with van der Waals surface area (Å²) in [6, 6.07) is 0. The van der Waals surface area contributed by atoms with Crippen LogP contribution in [0.2, 0.25) is 0 Å². The van der Waals surface area contributed by atoms with Crippen LogP contribution in [0, 0.1) is 64.6 Å². The van der Waals surface area contributed by atoms with Crippen LogP contribution in [0.5, 0.6) is 0 Å². The summed E-state index contributed by atoms with van der Waals surface area (Å²) >= 11 is 0. The SMILES string of the molecule is CC(O)OCC1CC(C2(C3CC(C)C(O)C(COC(C)O)C3)C3CCCCC3C3CCCCC32)CC(C)C1O. The molecule has 5 aliphatic rings. The fourth-order valence-electron chi connectivity index (χ4n) is 11.4. The lowest BCUT2D eigenvalue weighted by Gasteiger charge is -2.59. The molecule has 6 heteroatoms. The molecule has 5 saturated carbocycles. The van der Waals surface area contributed by atoms with Gasteiger partial charge >= 0.3 is 0 Å². The van der Waals surface area contributed by atoms with Gasteiger partial charge in [0.25, 0.3) is 0 Å². The molecule has 226 valence electrons. The molecule has 14 atom stereocenters. The minimum atomic E-state index is -0.811. The largest absolute Gasteiger partial charge is 0.392 e. The third-order valence-corrected chi connectivity index (χ3v) is 12.6. The number of hydrogen-bond donors (Lipinski definition) is 4. The molecule has 6 nitrogen and oxygen atoms in total. The third-order valence-electron chi connectivity index (χ3n) is 12.6. The summed E-state index contributed by atoms with van der Waals surface area (Å²) in [5.74, 6) is 4.72. The fraction of sp³-hybridized carbons (Fsp3) is 1.00. The molecule has 4 N–H and O–H groups in total. The van der Waals surface area contributed by atoms with Gasteiger partial charge in [-0.3, -0.25) is 0 Å². The smallest absolute Gasteiger partial charge is 0.151 e. The van der Waals surface area contributed by atoms with Crippen molar-refractivity contribution in [2.75, 3.05) is 13.2 Å². The van der Waals surface area contributed by atoms with Gasteiger partial charge in [0.2, 0.25) is 0 Å². The van der Waals surface area contributed by atoms with Gasteiger partial charge in [-0.2, -0.15) is 0 Å². The Kier molecular flexibility index (Phi) is 9.73. The van der Waals surface area contributed by atoms with E-state index in [4.69, 9.17) is 9.47 Å². The lowest BCUT2D eigenvalue weighted by Crippen LogP contribution is -2.55. The summed E-state index contributed by atoms with van der Waals surface area (Å²) in [6.07, 6.45) is 12.5. The number of ether oxygens (including phenoxy) is 2. The second-order valence-electron chi connectivity index (χ2n) is 14.8. The standard InChI is InChI=1S/C33H58O6/c1-19-13-25(15-23(31(19)36)17-38-21(3)34)33(26-14-20(2)32(37)24(16-26)18-39-22(4)35)29-11-7-5-9-27(29)28-10-6-8-12-30(28)33/h19-32,34-37H,5-18H2,1-4H3. The van der Waals surface area contributed by atoms with Crippen LogP contribution in [0.4, 0.5) is 0 Å². The van der Waals surface area contributed by atoms with Gasteiger partial charge in [0.05, 0.1) is 25.4 Å². The average Bonchev–Trinajstić information content (AvgIpc) is 3.21. The van der Waals surface area contributed by atoms with E-state index in [1.54, 1.807) is 13.8 Å². The molecule has 39 heavy (non-hydrogen) atoms. The van der Waals surface area contributed by atoms with Gasteiger partial charge in [-0.1, -0.05) is 39.5 Å². The zero-order chi connectivity index (χ0) is 27.9. The van der Waals surface area contributed by atoms with Gasteiger partial charge < -0.3 is 29.9 Å². The maximum Gasteiger partial charge on any atom is 0.151 e. The van der Waals surface area contributed by atoms with Gasteiger partial charge in [0.1, 0.15) is 0 Å². The summed E-state index contributed by atoms with van der Waals surface area (Å²) in [7, 11) is 0. The molecule has 0 heterocycles. The Balaban J connectivity index is 1.55. The van der Waals surface area contributed by atoms with Crippen molar-refractivity contribution >= 4 is 0 Å². The summed E-state index contributed by atoms with van der Waals surface area (Å²) in [5, 5.41) is 42.3. The molecule has 0 aromatic heterocycles. The summed E-state index contributed by atoms with van der Waals surface area (Å²) in [5.41, 5.74) is 0.227. The normalized spacial score (nSPS) is 50.2. The molecule has 0 radical (unpaired) electrons. The molecule has 0 saturated heterocycles. The second kappa shape index (κ2) is 12.6. The Bertz CT molecular complexity index is 722. The number of rotatable bonds is 8. The van der Waals surface area contributed by atoms with Gasteiger partial charge in [0.15, 0.2) is 12.6 Å². The van der Waals surface area contributed by atoms with Gasteiger partial charge in [-0.05, 0) is 118 Å². The predicted molar refractivity (Wildman–Crippen MR) is 151 cm³/mol. The van der Waals surface area contributed by atoms with Crippen LogP contribution in [0.3, 0.4) is 0 Å². The monoisotopic (exact) mass is 550 g/mol. The minimum Gasteiger partial charge on any atom is -0.392 e. The highest BCUT2D eigenvalue weighted by atomic mass is 16.6. The first-order chi connectivity index (χ1) is 18.6. The van der Waals surface area contributed by atoms with E-state index in [-0.39, 0.29) is 41.3 Å². The van der Waals surface area contributed by atoms with E-state index in [0.717, 1.165) is 49.4 Å². The molecule has 5 fully saturated rings. The van der Waals surface area contributed by atoms with E-state index < -0.39 is 12.6 Å². The Morgan fingerprint density at radius 1 is 0.641 bits per heavy atom. The van der Waals surface area contributed by atoms with E-state index in [1.807, 2.05) is 0 Å². The number of aliphatic hydroxyl groups is 4. The quantitative estimate of drug-likeness (QED) is 0.304. The lowest BCUT2D eigenvalue weighted by atomic mass is 9.46. The summed E-state index contributed by atoms with van der Waals surface area (Å²) < 4.78 is 11.5. The average molecular weight is 551 g/mol. The second-order valence-corrected chi connectivity index (χ2v) is 14.8. The number of fused-ring (bicyclic) bond motifs is 3. The summed E-state index contributed by atoms with van der Waals surface area (Å²) in [4.78, 5) is 0. The van der Waals surface area contributed by atoms with Crippen LogP contribution in [0.1, 0.15) is 105 Å². The van der Waals surface area contributed by atoms with E-state index in [2.05, 4.69) is 13.8 Å². The van der Waals surface area contributed by atoms with Crippen molar-refractivity contribution in [3.63, 3.8) is 0 Å². The first-order valence-electron chi connectivity index (χ1n) is 16.6. The van der Waals surface area contributed by atoms with Crippen LogP contribution in [0.25, 0.3) is 0 Å². The zero-order valence-electron chi connectivity index (χ0n) is 25.1. The van der Waals surface area contributed by atoms with Gasteiger partial charge in [-0.25, -0.2) is 0 Å². The number of hydrogen-bond acceptors (Lipinski definition) is 6. The molecule has 0 aliphatic heterocycles. The minimum absolute atomic E-state index is 0.0517. The fourth-order valence-corrected chi connectivity index (χ4v) is 11.4. The number of aliphatic hydroxyl groups excluding tert-OH is 4. The Hall–Kier alpha value is -0.240. The predicted octanol–water partition coefficient (Wildman–Crippen LogP) is 5.36. The van der Waals surface area contributed by atoms with Crippen LogP contribution in [-0.2, 0) is 9.47 Å². The van der Waals surface area contributed by atoms with E-state index >= 15 is 0 Å². The van der Waals surface area contributed by atoms with Crippen molar-refractivity contribution in [2.24, 2.45) is 64.6 Å². The van der Waals surface area contributed by atoms with Gasteiger partial charge in [0, 0.05) is 11.8 Å². The van der Waals surface area contributed by atoms with Crippen molar-refractivity contribution in [1.29, 1.82) is 0 Å². The van der Waals surface area contributed by atoms with Crippen LogP contribution in [-0.4, -0.2) is 58.4 Å². The van der Waals surface area contributed by atoms with Gasteiger partial charge in [-0.15, -0.1) is 0 Å². The highest BCUT2D eigenvalue weighted by Crippen LogP contribution is 2.72. The Labute approximate surface area is 237 Å². The molecule has 0 aromatic carbocycles. The topological polar surface area (TPSA) is 99.4 Å². The molecule has 5 aliphatic carbocycles. The maximum atomic E-state index is 11.3. The molecule has 5 rings (SSSR count). The van der Waals surface area contributed by atoms with Crippen molar-refractivity contribution in [3.8, 4) is 0 Å². The van der Waals surface area contributed by atoms with Crippen molar-refractivity contribution in [1.82, 2.24) is 0 Å². The molecule has 0 aromatic rings. The van der Waals surface area contributed by atoms with E-state index in [9.17, 15) is 20.4 Å². The molecule has 0 spiro atoms. The van der Waals surface area contributed by atoms with Crippen LogP contribution in [0.15, 0.2) is 0 Å². The first kappa shape index (κ1) is 30.2. The van der Waals surface area contributed by atoms with Crippen molar-refractivity contribution in [3.05, 3.63) is 0 Å². The molecular formula is C33H58O6. The molecular weight excluding hydrogens is 492 g/mol. The Morgan fingerprint density at radius 2 is 1.03 bits per heavy atom. The molecule has 14 unspecified atom stereocenters. The lowest BCUT2D eigenvalue weighted by molar-refractivity contribution is -0.166. The highest BCUT2D eigenvalue weighted by molar-refractivity contribution is 5.15. The molecule has 0 bridgehead atoms. The van der Waals surface area contributed by atoms with Crippen molar-refractivity contribution < 1.29 is 29.9 Å².